The van der Waals surface area contributed by atoms with Crippen LogP contribution in [0.4, 0.5) is 5.82 Å². The number of rotatable bonds is 6. The number of fused-ring (bicyclic) bond motifs is 2. The Bertz CT molecular complexity index is 1610. The first-order valence-corrected chi connectivity index (χ1v) is 11.9. The summed E-state index contributed by atoms with van der Waals surface area (Å²) in [6.45, 7) is 2.72. The van der Waals surface area contributed by atoms with E-state index in [2.05, 4.69) is 38.1 Å². The molecule has 0 fully saturated rings. The predicted molar refractivity (Wildman–Crippen MR) is 135 cm³/mol. The number of nitrogens with two attached hydrogens (primary N) is 1. The maximum absolute atomic E-state index is 6.29. The number of hydrogen-bond acceptors (Lipinski definition) is 7. The summed E-state index contributed by atoms with van der Waals surface area (Å²) < 4.78 is 1.92. The largest absolute Gasteiger partial charge is 0.383 e. The zero-order valence-corrected chi connectivity index (χ0v) is 19.4. The Morgan fingerprint density at radius 3 is 2.76 bits per heavy atom. The third-order valence-corrected chi connectivity index (χ3v) is 6.97. The molecular formula is C25H22N8S. The molecule has 0 aliphatic rings. The number of nitrogens with zero attached hydrogens (tertiary/aromatic N) is 6. The van der Waals surface area contributed by atoms with E-state index in [0.717, 1.165) is 57.7 Å². The average molecular weight is 467 g/mol. The van der Waals surface area contributed by atoms with Crippen LogP contribution in [0.3, 0.4) is 0 Å². The highest BCUT2D eigenvalue weighted by atomic mass is 32.1. The standard InChI is InChI=1S/C25H22N8S/c1-15-20(34-14-29-15)9-10-33-25-22(24(26)27-13-28-25)23(32-33)17-7-8-18-19(12-17)31-21(30-18)11-16-5-3-2-4-6-16/h2-8,12-14H,9-11H2,1H3,(H,30,31)(H2,26,27,28). The SMILES string of the molecule is Cc1ncsc1CCn1nc(-c2ccc3nc(Cc4ccccc4)[nH]c3c2)c2c(N)ncnc21. The van der Waals surface area contributed by atoms with Gasteiger partial charge in [0.25, 0.3) is 0 Å². The van der Waals surface area contributed by atoms with Crippen molar-refractivity contribution < 1.29 is 0 Å². The predicted octanol–water partition coefficient (Wildman–Crippen LogP) is 4.55. The van der Waals surface area contributed by atoms with E-state index in [4.69, 9.17) is 15.8 Å². The molecule has 3 N–H and O–H groups in total. The Balaban J connectivity index is 1.38. The van der Waals surface area contributed by atoms with Gasteiger partial charge in [-0.25, -0.2) is 24.6 Å². The smallest absolute Gasteiger partial charge is 0.163 e. The molecule has 0 amide bonds. The van der Waals surface area contributed by atoms with E-state index in [1.54, 1.807) is 11.3 Å². The minimum atomic E-state index is 0.426. The quantitative estimate of drug-likeness (QED) is 0.372. The van der Waals surface area contributed by atoms with Gasteiger partial charge in [-0.15, -0.1) is 11.3 Å². The second kappa shape index (κ2) is 8.35. The van der Waals surface area contributed by atoms with Crippen molar-refractivity contribution in [1.29, 1.82) is 0 Å². The molecule has 9 heteroatoms. The van der Waals surface area contributed by atoms with Crippen molar-refractivity contribution in [2.45, 2.75) is 26.3 Å². The number of nitrogen functional groups attached to an aromatic ring is 1. The Hall–Kier alpha value is -4.11. The molecular weight excluding hydrogens is 444 g/mol. The number of imidazole rings is 1. The van der Waals surface area contributed by atoms with Gasteiger partial charge in [0.05, 0.1) is 27.6 Å². The van der Waals surface area contributed by atoms with Gasteiger partial charge in [-0.3, -0.25) is 0 Å². The number of hydrogen-bond donors (Lipinski definition) is 2. The third-order valence-electron chi connectivity index (χ3n) is 5.97. The number of H-pyrrole nitrogens is 1. The van der Waals surface area contributed by atoms with Gasteiger partial charge in [-0.2, -0.15) is 5.10 Å². The zero-order valence-electron chi connectivity index (χ0n) is 18.6. The number of nitrogens with one attached hydrogen (secondary N) is 1. The number of thiazole rings is 1. The monoisotopic (exact) mass is 466 g/mol. The highest BCUT2D eigenvalue weighted by Gasteiger charge is 2.18. The molecule has 168 valence electrons. The van der Waals surface area contributed by atoms with Crippen molar-refractivity contribution in [3.63, 3.8) is 0 Å². The maximum atomic E-state index is 6.29. The number of aryl methyl sites for hydroxylation is 3. The van der Waals surface area contributed by atoms with Crippen LogP contribution in [0.1, 0.15) is 22.0 Å². The second-order valence-electron chi connectivity index (χ2n) is 8.22. The molecule has 0 aliphatic carbocycles. The lowest BCUT2D eigenvalue weighted by Gasteiger charge is -2.02. The molecule has 0 saturated carbocycles. The summed E-state index contributed by atoms with van der Waals surface area (Å²) in [5, 5.41) is 5.69. The van der Waals surface area contributed by atoms with Gasteiger partial charge in [0.15, 0.2) is 5.65 Å². The van der Waals surface area contributed by atoms with Crippen LogP contribution in [0, 0.1) is 6.92 Å². The molecule has 6 rings (SSSR count). The number of aromatic nitrogens is 7. The van der Waals surface area contributed by atoms with Crippen molar-refractivity contribution in [2.24, 2.45) is 0 Å². The topological polar surface area (TPSA) is 111 Å². The molecule has 4 aromatic heterocycles. The lowest BCUT2D eigenvalue weighted by atomic mass is 10.1. The fourth-order valence-electron chi connectivity index (χ4n) is 4.24. The first kappa shape index (κ1) is 20.5. The van der Waals surface area contributed by atoms with Crippen LogP contribution < -0.4 is 5.73 Å². The fourth-order valence-corrected chi connectivity index (χ4v) is 5.02. The van der Waals surface area contributed by atoms with Crippen LogP contribution in [0.25, 0.3) is 33.3 Å². The molecule has 4 heterocycles. The number of aromatic amines is 1. The molecule has 34 heavy (non-hydrogen) atoms. The van der Waals surface area contributed by atoms with Gasteiger partial charge in [0.1, 0.15) is 23.7 Å². The van der Waals surface area contributed by atoms with Crippen molar-refractivity contribution >= 4 is 39.2 Å². The normalized spacial score (nSPS) is 11.6. The summed E-state index contributed by atoms with van der Waals surface area (Å²) in [6.07, 6.45) is 3.07. The van der Waals surface area contributed by atoms with Crippen molar-refractivity contribution in [3.8, 4) is 11.3 Å². The van der Waals surface area contributed by atoms with Crippen LogP contribution in [0.5, 0.6) is 0 Å². The van der Waals surface area contributed by atoms with Crippen molar-refractivity contribution in [2.75, 3.05) is 5.73 Å². The molecule has 0 bridgehead atoms. The molecule has 8 nitrogen and oxygen atoms in total. The highest BCUT2D eigenvalue weighted by Crippen LogP contribution is 2.32. The van der Waals surface area contributed by atoms with E-state index < -0.39 is 0 Å². The summed E-state index contributed by atoms with van der Waals surface area (Å²) in [5.41, 5.74) is 14.8. The maximum Gasteiger partial charge on any atom is 0.163 e. The van der Waals surface area contributed by atoms with E-state index in [1.165, 1.54) is 16.8 Å². The molecule has 0 spiro atoms. The number of anilines is 1. The molecule has 0 radical (unpaired) electrons. The van der Waals surface area contributed by atoms with Gasteiger partial charge in [-0.1, -0.05) is 36.4 Å². The molecule has 6 aromatic rings. The van der Waals surface area contributed by atoms with E-state index >= 15 is 0 Å². The minimum Gasteiger partial charge on any atom is -0.383 e. The lowest BCUT2D eigenvalue weighted by Crippen LogP contribution is -2.04. The van der Waals surface area contributed by atoms with Gasteiger partial charge < -0.3 is 10.7 Å². The second-order valence-corrected chi connectivity index (χ2v) is 9.16. The van der Waals surface area contributed by atoms with Crippen LogP contribution in [-0.2, 0) is 19.4 Å². The van der Waals surface area contributed by atoms with Gasteiger partial charge in [0.2, 0.25) is 0 Å². The van der Waals surface area contributed by atoms with Gasteiger partial charge in [0, 0.05) is 29.8 Å². The van der Waals surface area contributed by atoms with Crippen molar-refractivity contribution in [3.05, 3.63) is 82.3 Å². The van der Waals surface area contributed by atoms with E-state index in [0.29, 0.717) is 12.4 Å². The molecule has 0 unspecified atom stereocenters. The molecule has 0 saturated heterocycles. The highest BCUT2D eigenvalue weighted by molar-refractivity contribution is 7.09. The molecule has 2 aromatic carbocycles. The Morgan fingerprint density at radius 1 is 1.06 bits per heavy atom. The average Bonchev–Trinajstić information content (AvgIpc) is 3.55. The van der Waals surface area contributed by atoms with Gasteiger partial charge in [-0.05, 0) is 24.6 Å². The minimum absolute atomic E-state index is 0.426. The van der Waals surface area contributed by atoms with E-state index in [9.17, 15) is 0 Å². The third kappa shape index (κ3) is 3.69. The zero-order chi connectivity index (χ0) is 23.1. The summed E-state index contributed by atoms with van der Waals surface area (Å²) >= 11 is 1.66. The van der Waals surface area contributed by atoms with E-state index in [-0.39, 0.29) is 0 Å². The summed E-state index contributed by atoms with van der Waals surface area (Å²) in [4.78, 5) is 22.5. The number of benzene rings is 2. The summed E-state index contributed by atoms with van der Waals surface area (Å²) in [7, 11) is 0. The Labute approximate surface area is 199 Å². The van der Waals surface area contributed by atoms with Crippen molar-refractivity contribution in [1.82, 2.24) is 34.7 Å². The molecule has 0 atom stereocenters. The Kier molecular flexibility index (Phi) is 5.03. The molecule has 0 aliphatic heterocycles. The first-order valence-electron chi connectivity index (χ1n) is 11.0. The fraction of sp³-hybridized carbons (Fsp3) is 0.160. The Morgan fingerprint density at radius 2 is 1.94 bits per heavy atom. The summed E-state index contributed by atoms with van der Waals surface area (Å²) in [5.74, 6) is 1.35. The van der Waals surface area contributed by atoms with Crippen LogP contribution >= 0.6 is 11.3 Å². The van der Waals surface area contributed by atoms with Gasteiger partial charge >= 0.3 is 0 Å². The van der Waals surface area contributed by atoms with Crippen LogP contribution in [0.15, 0.2) is 60.4 Å². The van der Waals surface area contributed by atoms with Crippen LogP contribution in [0.2, 0.25) is 0 Å². The lowest BCUT2D eigenvalue weighted by molar-refractivity contribution is 0.633. The van der Waals surface area contributed by atoms with Crippen LogP contribution in [-0.4, -0.2) is 34.7 Å². The first-order chi connectivity index (χ1) is 16.7. The van der Waals surface area contributed by atoms with E-state index in [1.807, 2.05) is 47.4 Å². The summed E-state index contributed by atoms with van der Waals surface area (Å²) in [6, 6.07) is 16.4.